The number of rotatable bonds is 4. The Kier molecular flexibility index (Phi) is 5.74. The molecule has 1 aromatic heterocycles. The first-order valence-electron chi connectivity index (χ1n) is 5.43. The van der Waals surface area contributed by atoms with Crippen molar-refractivity contribution in [1.29, 1.82) is 0 Å². The largest absolute Gasteiger partial charge is 0.386 e. The van der Waals surface area contributed by atoms with E-state index < -0.39 is 6.10 Å². The number of halogens is 1. The van der Waals surface area contributed by atoms with Gasteiger partial charge in [-0.25, -0.2) is 0 Å². The van der Waals surface area contributed by atoms with Gasteiger partial charge in [0.05, 0.1) is 4.34 Å². The summed E-state index contributed by atoms with van der Waals surface area (Å²) in [5, 5.41) is 16.1. The van der Waals surface area contributed by atoms with Crippen LogP contribution < -0.4 is 10.6 Å². The Bertz CT molecular complexity index is 379. The molecule has 0 saturated carbocycles. The first-order valence-corrected chi connectivity index (χ1v) is 6.63. The van der Waals surface area contributed by atoms with Crippen LogP contribution in [0.15, 0.2) is 17.1 Å². The minimum absolute atomic E-state index is 0.300. The number of aliphatic hydroxyl groups excluding tert-OH is 1. The van der Waals surface area contributed by atoms with Gasteiger partial charge in [0.15, 0.2) is 5.96 Å². The second-order valence-corrected chi connectivity index (χ2v) is 5.66. The molecule has 0 aliphatic heterocycles. The van der Waals surface area contributed by atoms with Gasteiger partial charge in [-0.3, -0.25) is 4.99 Å². The van der Waals surface area contributed by atoms with Crippen molar-refractivity contribution in [3.63, 3.8) is 0 Å². The Morgan fingerprint density at radius 1 is 1.53 bits per heavy atom. The van der Waals surface area contributed by atoms with Crippen molar-refractivity contribution in [2.24, 2.45) is 4.99 Å². The fraction of sp³-hybridized carbons (Fsp3) is 0.545. The fourth-order valence-electron chi connectivity index (χ4n) is 1.27. The van der Waals surface area contributed by atoms with Crippen LogP contribution >= 0.6 is 22.9 Å². The molecule has 0 amide bonds. The summed E-state index contributed by atoms with van der Waals surface area (Å²) in [6.07, 6.45) is -0.571. The number of hydrogen-bond donors (Lipinski definition) is 3. The Labute approximate surface area is 111 Å². The Morgan fingerprint density at radius 2 is 2.24 bits per heavy atom. The maximum Gasteiger partial charge on any atom is 0.191 e. The van der Waals surface area contributed by atoms with Crippen molar-refractivity contribution in [2.75, 3.05) is 13.6 Å². The lowest BCUT2D eigenvalue weighted by atomic mass is 10.3. The summed E-state index contributed by atoms with van der Waals surface area (Å²) in [7, 11) is 1.70. The molecule has 4 nitrogen and oxygen atoms in total. The first kappa shape index (κ1) is 14.3. The average molecular weight is 276 g/mol. The summed E-state index contributed by atoms with van der Waals surface area (Å²) >= 11 is 7.20. The van der Waals surface area contributed by atoms with E-state index in [4.69, 9.17) is 11.6 Å². The van der Waals surface area contributed by atoms with Crippen LogP contribution in [-0.2, 0) is 0 Å². The Balaban J connectivity index is 2.44. The monoisotopic (exact) mass is 275 g/mol. The standard InChI is InChI=1S/C11H18ClN3OS/c1-7(2)15-11(13-3)14-6-8(16)9-4-5-10(12)17-9/h4-5,7-8,16H,6H2,1-3H3,(H2,13,14,15). The maximum atomic E-state index is 9.92. The average Bonchev–Trinajstić information content (AvgIpc) is 2.70. The third-order valence-electron chi connectivity index (χ3n) is 2.03. The number of guanidine groups is 1. The molecule has 1 unspecified atom stereocenters. The summed E-state index contributed by atoms with van der Waals surface area (Å²) in [4.78, 5) is 4.91. The molecule has 0 fully saturated rings. The van der Waals surface area contributed by atoms with Crippen LogP contribution in [0.25, 0.3) is 0 Å². The third kappa shape index (κ3) is 4.93. The van der Waals surface area contributed by atoms with Crippen LogP contribution in [0.2, 0.25) is 4.34 Å². The van der Waals surface area contributed by atoms with Crippen LogP contribution in [0.1, 0.15) is 24.8 Å². The number of nitrogens with zero attached hydrogens (tertiary/aromatic N) is 1. The molecule has 1 atom stereocenters. The molecule has 0 aromatic carbocycles. The van der Waals surface area contributed by atoms with E-state index in [-0.39, 0.29) is 0 Å². The molecule has 1 aromatic rings. The zero-order chi connectivity index (χ0) is 12.8. The molecular formula is C11H18ClN3OS. The fourth-order valence-corrected chi connectivity index (χ4v) is 2.32. The van der Waals surface area contributed by atoms with Crippen molar-refractivity contribution in [3.8, 4) is 0 Å². The predicted octanol–water partition coefficient (Wildman–Crippen LogP) is 2.01. The maximum absolute atomic E-state index is 9.92. The minimum Gasteiger partial charge on any atom is -0.386 e. The van der Waals surface area contributed by atoms with Crippen LogP contribution in [0, 0.1) is 0 Å². The summed E-state index contributed by atoms with van der Waals surface area (Å²) in [6, 6.07) is 3.92. The van der Waals surface area contributed by atoms with Gasteiger partial charge in [-0.2, -0.15) is 0 Å². The highest BCUT2D eigenvalue weighted by atomic mass is 35.5. The van der Waals surface area contributed by atoms with Gasteiger partial charge in [-0.15, -0.1) is 11.3 Å². The molecule has 1 rings (SSSR count). The number of aliphatic imine (C=N–C) groups is 1. The van der Waals surface area contributed by atoms with Gasteiger partial charge in [0.2, 0.25) is 0 Å². The van der Waals surface area contributed by atoms with E-state index in [9.17, 15) is 5.11 Å². The zero-order valence-corrected chi connectivity index (χ0v) is 11.8. The van der Waals surface area contributed by atoms with E-state index in [1.807, 2.05) is 19.9 Å². The van der Waals surface area contributed by atoms with E-state index in [1.165, 1.54) is 11.3 Å². The second kappa shape index (κ2) is 6.83. The quantitative estimate of drug-likeness (QED) is 0.582. The molecule has 0 bridgehead atoms. The van der Waals surface area contributed by atoms with Gasteiger partial charge in [0.1, 0.15) is 6.10 Å². The zero-order valence-electron chi connectivity index (χ0n) is 10.2. The molecule has 0 aliphatic carbocycles. The number of hydrogen-bond acceptors (Lipinski definition) is 3. The van der Waals surface area contributed by atoms with Crippen molar-refractivity contribution >= 4 is 28.9 Å². The molecule has 6 heteroatoms. The van der Waals surface area contributed by atoms with Gasteiger partial charge in [0.25, 0.3) is 0 Å². The molecule has 0 aliphatic rings. The van der Waals surface area contributed by atoms with E-state index in [0.717, 1.165) is 4.88 Å². The number of thiophene rings is 1. The normalized spacial score (nSPS) is 13.9. The molecule has 96 valence electrons. The summed E-state index contributed by atoms with van der Waals surface area (Å²) in [5.41, 5.74) is 0. The SMILES string of the molecule is CN=C(NCC(O)c1ccc(Cl)s1)NC(C)C. The molecule has 0 saturated heterocycles. The summed E-state index contributed by atoms with van der Waals surface area (Å²) < 4.78 is 0.684. The highest BCUT2D eigenvalue weighted by Crippen LogP contribution is 2.26. The van der Waals surface area contributed by atoms with Gasteiger partial charge in [-0.05, 0) is 26.0 Å². The van der Waals surface area contributed by atoms with Crippen LogP contribution in [0.4, 0.5) is 0 Å². The highest BCUT2D eigenvalue weighted by Gasteiger charge is 2.11. The number of aliphatic hydroxyl groups is 1. The highest BCUT2D eigenvalue weighted by molar-refractivity contribution is 7.16. The second-order valence-electron chi connectivity index (χ2n) is 3.91. The van der Waals surface area contributed by atoms with Crippen molar-refractivity contribution in [1.82, 2.24) is 10.6 Å². The van der Waals surface area contributed by atoms with E-state index in [1.54, 1.807) is 13.1 Å². The Hall–Kier alpha value is -0.780. The van der Waals surface area contributed by atoms with Crippen molar-refractivity contribution in [2.45, 2.75) is 26.0 Å². The molecule has 0 spiro atoms. The molecule has 0 radical (unpaired) electrons. The van der Waals surface area contributed by atoms with Crippen molar-refractivity contribution in [3.05, 3.63) is 21.3 Å². The van der Waals surface area contributed by atoms with Gasteiger partial charge in [0, 0.05) is 24.5 Å². The van der Waals surface area contributed by atoms with Crippen LogP contribution in [-0.4, -0.2) is 30.7 Å². The summed E-state index contributed by atoms with van der Waals surface area (Å²) in [6.45, 7) is 4.47. The Morgan fingerprint density at radius 3 is 2.71 bits per heavy atom. The van der Waals surface area contributed by atoms with Crippen LogP contribution in [0.3, 0.4) is 0 Å². The van der Waals surface area contributed by atoms with Gasteiger partial charge in [-0.1, -0.05) is 11.6 Å². The topological polar surface area (TPSA) is 56.7 Å². The molecule has 1 heterocycles. The predicted molar refractivity (Wildman–Crippen MR) is 73.9 cm³/mol. The third-order valence-corrected chi connectivity index (χ3v) is 3.37. The lowest BCUT2D eigenvalue weighted by Gasteiger charge is -2.16. The van der Waals surface area contributed by atoms with E-state index in [2.05, 4.69) is 15.6 Å². The first-order chi connectivity index (χ1) is 8.02. The molecule has 17 heavy (non-hydrogen) atoms. The van der Waals surface area contributed by atoms with E-state index >= 15 is 0 Å². The van der Waals surface area contributed by atoms with Gasteiger partial charge < -0.3 is 15.7 Å². The molecule has 3 N–H and O–H groups in total. The molecular weight excluding hydrogens is 258 g/mol. The lowest BCUT2D eigenvalue weighted by Crippen LogP contribution is -2.42. The smallest absolute Gasteiger partial charge is 0.191 e. The number of nitrogens with one attached hydrogen (secondary N) is 2. The van der Waals surface area contributed by atoms with E-state index in [0.29, 0.717) is 22.9 Å². The summed E-state index contributed by atoms with van der Waals surface area (Å²) in [5.74, 6) is 0.682. The minimum atomic E-state index is -0.571. The van der Waals surface area contributed by atoms with Crippen molar-refractivity contribution < 1.29 is 5.11 Å². The lowest BCUT2D eigenvalue weighted by molar-refractivity contribution is 0.184. The van der Waals surface area contributed by atoms with Gasteiger partial charge >= 0.3 is 0 Å². The van der Waals surface area contributed by atoms with Crippen LogP contribution in [0.5, 0.6) is 0 Å².